The van der Waals surface area contributed by atoms with Gasteiger partial charge in [-0.3, -0.25) is 0 Å². The fourth-order valence-electron chi connectivity index (χ4n) is 1.64. The summed E-state index contributed by atoms with van der Waals surface area (Å²) in [4.78, 5) is 0. The number of hydrogen-bond donors (Lipinski definition) is 1. The lowest BCUT2D eigenvalue weighted by Crippen LogP contribution is -2.09. The van der Waals surface area contributed by atoms with E-state index in [1.165, 1.54) is 5.56 Å². The molecule has 90 valence electrons. The first-order valence-electron chi connectivity index (χ1n) is 5.44. The summed E-state index contributed by atoms with van der Waals surface area (Å²) in [6.07, 6.45) is 0.942. The van der Waals surface area contributed by atoms with Crippen molar-refractivity contribution < 1.29 is 4.74 Å². The van der Waals surface area contributed by atoms with Gasteiger partial charge in [0.1, 0.15) is 11.4 Å². The molecule has 0 aliphatic carbocycles. The van der Waals surface area contributed by atoms with Crippen LogP contribution in [0.5, 0.6) is 5.75 Å². The first-order chi connectivity index (χ1) is 8.30. The Hall–Kier alpha value is -1.95. The van der Waals surface area contributed by atoms with E-state index in [0.717, 1.165) is 17.9 Å². The molecule has 6 heteroatoms. The van der Waals surface area contributed by atoms with Crippen LogP contribution in [0.3, 0.4) is 0 Å². The molecule has 2 N–H and O–H groups in total. The average molecular weight is 233 g/mol. The second-order valence-corrected chi connectivity index (χ2v) is 3.57. The fourth-order valence-corrected chi connectivity index (χ4v) is 1.64. The van der Waals surface area contributed by atoms with Gasteiger partial charge in [-0.15, -0.1) is 5.10 Å². The predicted octanol–water partition coefficient (Wildman–Crippen LogP) is 0.692. The summed E-state index contributed by atoms with van der Waals surface area (Å²) in [5, 5.41) is 11.4. The highest BCUT2D eigenvalue weighted by atomic mass is 16.5. The Morgan fingerprint density at radius 2 is 2.24 bits per heavy atom. The maximum atomic E-state index is 5.59. The summed E-state index contributed by atoms with van der Waals surface area (Å²) in [5.74, 6) is 1.33. The molecule has 0 spiro atoms. The number of benzene rings is 1. The van der Waals surface area contributed by atoms with Crippen molar-refractivity contribution in [3.05, 3.63) is 29.6 Å². The molecule has 0 amide bonds. The molecule has 2 aromatic rings. The number of tetrazole rings is 1. The van der Waals surface area contributed by atoms with E-state index >= 15 is 0 Å². The minimum Gasteiger partial charge on any atom is -0.494 e. The van der Waals surface area contributed by atoms with Crippen molar-refractivity contribution in [2.75, 3.05) is 7.11 Å². The third kappa shape index (κ3) is 2.12. The van der Waals surface area contributed by atoms with Gasteiger partial charge in [0, 0.05) is 0 Å². The molecule has 0 saturated heterocycles. The van der Waals surface area contributed by atoms with Crippen molar-refractivity contribution in [3.8, 4) is 11.4 Å². The van der Waals surface area contributed by atoms with E-state index in [1.54, 1.807) is 11.8 Å². The number of rotatable bonds is 4. The summed E-state index contributed by atoms with van der Waals surface area (Å²) in [6.45, 7) is 2.38. The molecule has 2 rings (SSSR count). The normalized spacial score (nSPS) is 10.5. The van der Waals surface area contributed by atoms with Crippen molar-refractivity contribution in [2.24, 2.45) is 5.73 Å². The summed E-state index contributed by atoms with van der Waals surface area (Å²) in [5.41, 5.74) is 7.60. The molecule has 1 aromatic heterocycles. The molecule has 1 heterocycles. The van der Waals surface area contributed by atoms with E-state index in [9.17, 15) is 0 Å². The van der Waals surface area contributed by atoms with Gasteiger partial charge in [-0.1, -0.05) is 13.0 Å². The lowest BCUT2D eigenvalue weighted by atomic mass is 10.1. The molecule has 1 aromatic carbocycles. The molecule has 17 heavy (non-hydrogen) atoms. The zero-order chi connectivity index (χ0) is 12.3. The first-order valence-corrected chi connectivity index (χ1v) is 5.44. The van der Waals surface area contributed by atoms with Crippen molar-refractivity contribution in [3.63, 3.8) is 0 Å². The Labute approximate surface area is 99.4 Å². The molecule has 0 aliphatic heterocycles. The lowest BCUT2D eigenvalue weighted by molar-refractivity contribution is 0.410. The van der Waals surface area contributed by atoms with Crippen LogP contribution in [0, 0.1) is 0 Å². The maximum absolute atomic E-state index is 5.59. The summed E-state index contributed by atoms with van der Waals surface area (Å²) < 4.78 is 6.92. The van der Waals surface area contributed by atoms with Crippen LogP contribution in [0.1, 0.15) is 18.3 Å². The topological polar surface area (TPSA) is 78.8 Å². The Bertz CT molecular complexity index is 508. The fraction of sp³-hybridized carbons (Fsp3) is 0.364. The molecular formula is C11H15N5O. The smallest absolute Gasteiger partial charge is 0.170 e. The van der Waals surface area contributed by atoms with Gasteiger partial charge in [-0.25, -0.2) is 0 Å². The number of aryl methyl sites for hydroxylation is 1. The van der Waals surface area contributed by atoms with E-state index in [2.05, 4.69) is 22.4 Å². The molecule has 0 aliphatic rings. The van der Waals surface area contributed by atoms with Crippen molar-refractivity contribution in [1.82, 2.24) is 20.2 Å². The quantitative estimate of drug-likeness (QED) is 0.840. The minimum atomic E-state index is 0.284. The second-order valence-electron chi connectivity index (χ2n) is 3.57. The molecular weight excluding hydrogens is 218 g/mol. The number of nitrogens with two attached hydrogens (primary N) is 1. The van der Waals surface area contributed by atoms with Crippen LogP contribution in [0.25, 0.3) is 5.69 Å². The average Bonchev–Trinajstić information content (AvgIpc) is 2.86. The standard InChI is InChI=1S/C11H15N5O/c1-3-8-4-5-10(17-2)9(6-8)16-11(7-12)13-14-15-16/h4-6H,3,7,12H2,1-2H3. The van der Waals surface area contributed by atoms with Gasteiger partial charge < -0.3 is 10.5 Å². The van der Waals surface area contributed by atoms with Gasteiger partial charge in [-0.05, 0) is 34.5 Å². The Morgan fingerprint density at radius 3 is 2.88 bits per heavy atom. The largest absolute Gasteiger partial charge is 0.494 e. The SMILES string of the molecule is CCc1ccc(OC)c(-n2nnnc2CN)c1. The summed E-state index contributed by atoms with van der Waals surface area (Å²) in [6, 6.07) is 5.94. The minimum absolute atomic E-state index is 0.284. The van der Waals surface area contributed by atoms with Crippen LogP contribution >= 0.6 is 0 Å². The highest BCUT2D eigenvalue weighted by Gasteiger charge is 2.12. The molecule has 0 saturated carbocycles. The molecule has 6 nitrogen and oxygen atoms in total. The number of hydrogen-bond acceptors (Lipinski definition) is 5. The van der Waals surface area contributed by atoms with E-state index in [0.29, 0.717) is 5.82 Å². The monoisotopic (exact) mass is 233 g/mol. The van der Waals surface area contributed by atoms with Crippen LogP contribution in [-0.4, -0.2) is 27.3 Å². The van der Waals surface area contributed by atoms with Crippen LogP contribution < -0.4 is 10.5 Å². The molecule has 0 unspecified atom stereocenters. The highest BCUT2D eigenvalue weighted by Crippen LogP contribution is 2.24. The van der Waals surface area contributed by atoms with Crippen molar-refractivity contribution >= 4 is 0 Å². The molecule has 0 radical (unpaired) electrons. The maximum Gasteiger partial charge on any atom is 0.170 e. The van der Waals surface area contributed by atoms with Gasteiger partial charge >= 0.3 is 0 Å². The van der Waals surface area contributed by atoms with Crippen molar-refractivity contribution in [1.29, 1.82) is 0 Å². The molecule has 0 bridgehead atoms. The third-order valence-electron chi connectivity index (χ3n) is 2.60. The van der Waals surface area contributed by atoms with Gasteiger partial charge in [0.2, 0.25) is 0 Å². The molecule has 0 fully saturated rings. The van der Waals surface area contributed by atoms with Crippen LogP contribution in [0.4, 0.5) is 0 Å². The Balaban J connectivity index is 2.56. The lowest BCUT2D eigenvalue weighted by Gasteiger charge is -2.10. The number of nitrogens with zero attached hydrogens (tertiary/aromatic N) is 4. The molecule has 0 atom stereocenters. The second kappa shape index (κ2) is 4.92. The van der Waals surface area contributed by atoms with E-state index < -0.39 is 0 Å². The number of methoxy groups -OCH3 is 1. The predicted molar refractivity (Wildman–Crippen MR) is 63.0 cm³/mol. The number of aromatic nitrogens is 4. The van der Waals surface area contributed by atoms with Gasteiger partial charge in [0.15, 0.2) is 5.82 Å². The van der Waals surface area contributed by atoms with Crippen LogP contribution in [0.2, 0.25) is 0 Å². The van der Waals surface area contributed by atoms with Crippen molar-refractivity contribution in [2.45, 2.75) is 19.9 Å². The Kier molecular flexibility index (Phi) is 3.34. The van der Waals surface area contributed by atoms with Gasteiger partial charge in [0.05, 0.1) is 13.7 Å². The highest BCUT2D eigenvalue weighted by molar-refractivity contribution is 5.48. The van der Waals surface area contributed by atoms with E-state index in [1.807, 2.05) is 18.2 Å². The van der Waals surface area contributed by atoms with E-state index in [4.69, 9.17) is 10.5 Å². The van der Waals surface area contributed by atoms with Crippen LogP contribution in [-0.2, 0) is 13.0 Å². The van der Waals surface area contributed by atoms with Gasteiger partial charge in [-0.2, -0.15) is 4.68 Å². The van der Waals surface area contributed by atoms with Gasteiger partial charge in [0.25, 0.3) is 0 Å². The number of ether oxygens (including phenoxy) is 1. The zero-order valence-corrected chi connectivity index (χ0v) is 9.92. The third-order valence-corrected chi connectivity index (χ3v) is 2.60. The summed E-state index contributed by atoms with van der Waals surface area (Å²) in [7, 11) is 1.62. The Morgan fingerprint density at radius 1 is 1.41 bits per heavy atom. The zero-order valence-electron chi connectivity index (χ0n) is 9.92. The first kappa shape index (κ1) is 11.5. The van der Waals surface area contributed by atoms with Crippen LogP contribution in [0.15, 0.2) is 18.2 Å². The summed E-state index contributed by atoms with van der Waals surface area (Å²) >= 11 is 0. The van der Waals surface area contributed by atoms with E-state index in [-0.39, 0.29) is 6.54 Å².